The predicted molar refractivity (Wildman–Crippen MR) is 308 cm³/mol. The molecule has 0 radical (unpaired) electrons. The first-order valence-electron chi connectivity index (χ1n) is 28.3. The van der Waals surface area contributed by atoms with E-state index >= 15 is 0 Å². The highest BCUT2D eigenvalue weighted by molar-refractivity contribution is 5.61. The minimum atomic E-state index is -1.10. The van der Waals surface area contributed by atoms with E-state index in [1.165, 1.54) is 127 Å². The smallest absolute Gasteiger partial charge is 0.166 e. The number of halogens is 2. The SMILES string of the molecule is CCCCCCCCCCCCOc1cc(C#Cc2ccc(C#Cc3ccc(OCC(O)CO)c(F)c3)cc2)c(OCCCCCCCCCCCC)cc1C#Cc1ccc(C#Cc2ccc(OCC(O)CO)c(F)c2)cc1. The summed E-state index contributed by atoms with van der Waals surface area (Å²) in [5.41, 5.74) is 5.31. The highest BCUT2D eigenvalue weighted by Crippen LogP contribution is 2.30. The van der Waals surface area contributed by atoms with E-state index in [1.807, 2.05) is 60.7 Å². The van der Waals surface area contributed by atoms with E-state index < -0.39 is 37.1 Å². The summed E-state index contributed by atoms with van der Waals surface area (Å²) in [4.78, 5) is 0. The maximum absolute atomic E-state index is 14.7. The highest BCUT2D eigenvalue weighted by atomic mass is 19.1. The van der Waals surface area contributed by atoms with Crippen LogP contribution in [0, 0.1) is 59.0 Å². The van der Waals surface area contributed by atoms with Crippen LogP contribution < -0.4 is 18.9 Å². The van der Waals surface area contributed by atoms with Crippen molar-refractivity contribution < 1.29 is 48.2 Å². The number of benzene rings is 5. The minimum absolute atomic E-state index is 0.0300. The highest BCUT2D eigenvalue weighted by Gasteiger charge is 2.13. The largest absolute Gasteiger partial charge is 0.492 e. The van der Waals surface area contributed by atoms with E-state index in [0.29, 0.717) is 47.0 Å². The van der Waals surface area contributed by atoms with Crippen LogP contribution >= 0.6 is 0 Å². The summed E-state index contributed by atoms with van der Waals surface area (Å²) in [7, 11) is 0. The number of aliphatic hydroxyl groups excluding tert-OH is 4. The van der Waals surface area contributed by atoms with E-state index in [0.717, 1.165) is 47.9 Å². The van der Waals surface area contributed by atoms with Gasteiger partial charge < -0.3 is 39.4 Å². The van der Waals surface area contributed by atoms with Crippen LogP contribution in [0.2, 0.25) is 0 Å². The van der Waals surface area contributed by atoms with Gasteiger partial charge in [0, 0.05) is 45.5 Å². The average molecular weight is 1060 g/mol. The molecule has 0 aliphatic carbocycles. The fraction of sp³-hybridized carbons (Fsp3) is 0.441. The Bertz CT molecular complexity index is 2600. The molecule has 5 aromatic rings. The van der Waals surface area contributed by atoms with E-state index in [1.54, 1.807) is 12.1 Å². The Kier molecular flexibility index (Phi) is 29.6. The maximum atomic E-state index is 14.7. The molecule has 0 fully saturated rings. The zero-order valence-corrected chi connectivity index (χ0v) is 46.0. The minimum Gasteiger partial charge on any atom is -0.492 e. The molecule has 0 saturated heterocycles. The molecule has 0 amide bonds. The Morgan fingerprint density at radius 2 is 0.628 bits per heavy atom. The van der Waals surface area contributed by atoms with Crippen molar-refractivity contribution >= 4 is 0 Å². The van der Waals surface area contributed by atoms with Crippen LogP contribution in [-0.4, -0.2) is 72.3 Å². The van der Waals surface area contributed by atoms with Crippen LogP contribution in [0.15, 0.2) is 97.1 Å². The molecule has 4 N–H and O–H groups in total. The van der Waals surface area contributed by atoms with Gasteiger partial charge in [0.1, 0.15) is 36.9 Å². The second-order valence-corrected chi connectivity index (χ2v) is 19.6. The van der Waals surface area contributed by atoms with Gasteiger partial charge in [0.2, 0.25) is 0 Å². The molecule has 5 rings (SSSR count). The molecule has 2 atom stereocenters. The number of aliphatic hydroxyl groups is 4. The summed E-state index contributed by atoms with van der Waals surface area (Å²) in [6, 6.07) is 27.7. The first-order valence-corrected chi connectivity index (χ1v) is 28.3. The lowest BCUT2D eigenvalue weighted by Crippen LogP contribution is -2.21. The molecular formula is C68H80F2O8. The van der Waals surface area contributed by atoms with Crippen molar-refractivity contribution in [1.29, 1.82) is 0 Å². The number of hydrogen-bond donors (Lipinski definition) is 4. The Morgan fingerprint density at radius 3 is 0.936 bits per heavy atom. The Balaban J connectivity index is 1.35. The van der Waals surface area contributed by atoms with Gasteiger partial charge in [0.25, 0.3) is 0 Å². The van der Waals surface area contributed by atoms with Gasteiger partial charge in [-0.1, -0.05) is 177 Å². The molecule has 10 heteroatoms. The zero-order chi connectivity index (χ0) is 55.4. The summed E-state index contributed by atoms with van der Waals surface area (Å²) in [5.74, 6) is 25.5. The molecule has 5 aromatic carbocycles. The van der Waals surface area contributed by atoms with Gasteiger partial charge in [-0.3, -0.25) is 0 Å². The summed E-state index contributed by atoms with van der Waals surface area (Å²) < 4.78 is 53.0. The predicted octanol–water partition coefficient (Wildman–Crippen LogP) is 13.6. The van der Waals surface area contributed by atoms with Crippen LogP contribution in [0.5, 0.6) is 23.0 Å². The second kappa shape index (κ2) is 37.1. The molecule has 0 bridgehead atoms. The van der Waals surface area contributed by atoms with Crippen molar-refractivity contribution in [2.24, 2.45) is 0 Å². The third-order valence-electron chi connectivity index (χ3n) is 12.9. The van der Waals surface area contributed by atoms with Crippen LogP contribution in [0.4, 0.5) is 8.78 Å². The van der Waals surface area contributed by atoms with Crippen molar-refractivity contribution in [1.82, 2.24) is 0 Å². The van der Waals surface area contributed by atoms with E-state index in [-0.39, 0.29) is 24.7 Å². The van der Waals surface area contributed by atoms with E-state index in [4.69, 9.17) is 29.2 Å². The third-order valence-corrected chi connectivity index (χ3v) is 12.9. The van der Waals surface area contributed by atoms with Gasteiger partial charge in [0.05, 0.1) is 37.6 Å². The van der Waals surface area contributed by atoms with Gasteiger partial charge in [-0.15, -0.1) is 0 Å². The fourth-order valence-corrected chi connectivity index (χ4v) is 8.25. The van der Waals surface area contributed by atoms with Crippen molar-refractivity contribution in [2.45, 2.75) is 154 Å². The maximum Gasteiger partial charge on any atom is 0.166 e. The molecule has 0 spiro atoms. The van der Waals surface area contributed by atoms with Crippen molar-refractivity contribution in [2.75, 3.05) is 39.6 Å². The van der Waals surface area contributed by atoms with Crippen molar-refractivity contribution in [3.05, 3.63) is 153 Å². The monoisotopic (exact) mass is 1060 g/mol. The van der Waals surface area contributed by atoms with Gasteiger partial charge >= 0.3 is 0 Å². The number of hydrogen-bond acceptors (Lipinski definition) is 8. The van der Waals surface area contributed by atoms with Gasteiger partial charge in [-0.2, -0.15) is 0 Å². The Labute approximate surface area is 463 Å². The topological polar surface area (TPSA) is 118 Å². The normalized spacial score (nSPS) is 11.4. The van der Waals surface area contributed by atoms with Crippen molar-refractivity contribution in [3.63, 3.8) is 0 Å². The molecule has 0 saturated carbocycles. The quantitative estimate of drug-likeness (QED) is 0.0249. The molecule has 0 aliphatic rings. The standard InChI is InChI=1S/C68H80F2O8/c1-3-5-7-9-11-13-15-17-19-21-43-75-67-47-60(40-36-56-29-25-54(26-30-56)32-34-58-38-42-66(64(70)46-58)78-52-62(74)50-72)68(76-44-22-20-18-16-14-12-10-8-6-4-2)48-59(67)39-35-55-27-23-53(24-28-55)31-33-57-37-41-65(63(69)45-57)77-51-61(73)49-71/h23-30,37-38,41-42,45-48,61-62,71-74H,3-22,43-44,49-52H2,1-2H3. The number of unbranched alkanes of at least 4 members (excludes halogenated alkanes) is 18. The van der Waals surface area contributed by atoms with Crippen LogP contribution in [0.3, 0.4) is 0 Å². The molecule has 0 aliphatic heterocycles. The van der Waals surface area contributed by atoms with Gasteiger partial charge in [-0.05, 0) is 97.8 Å². The fourth-order valence-electron chi connectivity index (χ4n) is 8.25. The molecule has 78 heavy (non-hydrogen) atoms. The van der Waals surface area contributed by atoms with Gasteiger partial charge in [-0.25, -0.2) is 8.78 Å². The third kappa shape index (κ3) is 24.3. The van der Waals surface area contributed by atoms with Crippen LogP contribution in [0.1, 0.15) is 187 Å². The number of ether oxygens (including phenoxy) is 4. The lowest BCUT2D eigenvalue weighted by molar-refractivity contribution is 0.0523. The van der Waals surface area contributed by atoms with E-state index in [2.05, 4.69) is 61.2 Å². The van der Waals surface area contributed by atoms with Crippen LogP contribution in [0.25, 0.3) is 0 Å². The molecule has 8 nitrogen and oxygen atoms in total. The summed E-state index contributed by atoms with van der Waals surface area (Å²) in [6.07, 6.45) is 22.2. The Hall–Kier alpha value is -6.76. The lowest BCUT2D eigenvalue weighted by atomic mass is 10.1. The summed E-state index contributed by atoms with van der Waals surface area (Å²) >= 11 is 0. The van der Waals surface area contributed by atoms with E-state index in [9.17, 15) is 19.0 Å². The molecular weight excluding hydrogens is 983 g/mol. The first kappa shape index (κ1) is 62.1. The second-order valence-electron chi connectivity index (χ2n) is 19.6. The Morgan fingerprint density at radius 1 is 0.346 bits per heavy atom. The van der Waals surface area contributed by atoms with Gasteiger partial charge in [0.15, 0.2) is 23.1 Å². The molecule has 414 valence electrons. The number of rotatable bonds is 32. The molecule has 0 heterocycles. The zero-order valence-electron chi connectivity index (χ0n) is 46.0. The first-order chi connectivity index (χ1) is 38.2. The average Bonchev–Trinajstić information content (AvgIpc) is 3.46. The summed E-state index contributed by atoms with van der Waals surface area (Å²) in [6.45, 7) is 4.17. The summed E-state index contributed by atoms with van der Waals surface area (Å²) in [5, 5.41) is 37.1. The van der Waals surface area contributed by atoms with Crippen molar-refractivity contribution in [3.8, 4) is 70.4 Å². The lowest BCUT2D eigenvalue weighted by Gasteiger charge is -2.14. The molecule has 0 aromatic heterocycles. The van der Waals surface area contributed by atoms with Crippen LogP contribution in [-0.2, 0) is 0 Å². The molecule has 2 unspecified atom stereocenters.